The van der Waals surface area contributed by atoms with Crippen molar-refractivity contribution in [1.82, 2.24) is 25.4 Å². The Hall–Kier alpha value is -2.61. The maximum absolute atomic E-state index is 12.1. The Kier molecular flexibility index (Phi) is 5.84. The predicted molar refractivity (Wildman–Crippen MR) is 94.3 cm³/mol. The molecule has 2 aromatic heterocycles. The van der Waals surface area contributed by atoms with Gasteiger partial charge in [0.15, 0.2) is 0 Å². The molecule has 0 aliphatic heterocycles. The van der Waals surface area contributed by atoms with Crippen LogP contribution in [0.15, 0.2) is 30.6 Å². The summed E-state index contributed by atoms with van der Waals surface area (Å²) in [5.41, 5.74) is 2.17. The van der Waals surface area contributed by atoms with Crippen molar-refractivity contribution >= 4 is 11.8 Å². The van der Waals surface area contributed by atoms with Crippen molar-refractivity contribution in [2.45, 2.75) is 31.8 Å². The maximum atomic E-state index is 12.1. The highest BCUT2D eigenvalue weighted by Gasteiger charge is 2.25. The predicted octanol–water partition coefficient (Wildman–Crippen LogP) is 1.06. The number of urea groups is 1. The lowest BCUT2D eigenvalue weighted by atomic mass is 9.93. The minimum Gasteiger partial charge on any atom is -0.394 e. The molecular weight excluding hydrogens is 320 g/mol. The summed E-state index contributed by atoms with van der Waals surface area (Å²) < 4.78 is 1.83. The zero-order valence-electron chi connectivity index (χ0n) is 14.1. The highest BCUT2D eigenvalue weighted by atomic mass is 16.3. The van der Waals surface area contributed by atoms with Gasteiger partial charge in [-0.05, 0) is 31.4 Å². The first kappa shape index (κ1) is 17.2. The SMILES string of the molecule is O=C(NCCNc1ccccn1)N[C@@H]1CCCc2c1cnn2CCO. The molecule has 8 heteroatoms. The van der Waals surface area contributed by atoms with Gasteiger partial charge in [-0.3, -0.25) is 4.68 Å². The summed E-state index contributed by atoms with van der Waals surface area (Å²) in [7, 11) is 0. The van der Waals surface area contributed by atoms with Gasteiger partial charge in [-0.15, -0.1) is 0 Å². The van der Waals surface area contributed by atoms with E-state index in [-0.39, 0.29) is 18.7 Å². The lowest BCUT2D eigenvalue weighted by molar-refractivity contribution is 0.235. The minimum absolute atomic E-state index is 0.0278. The topological polar surface area (TPSA) is 104 Å². The fourth-order valence-electron chi connectivity index (χ4n) is 3.10. The number of aromatic nitrogens is 3. The van der Waals surface area contributed by atoms with Crippen LogP contribution in [-0.4, -0.2) is 45.6 Å². The van der Waals surface area contributed by atoms with Gasteiger partial charge in [0, 0.05) is 30.5 Å². The van der Waals surface area contributed by atoms with Gasteiger partial charge >= 0.3 is 6.03 Å². The number of amides is 2. The van der Waals surface area contributed by atoms with Crippen molar-refractivity contribution in [3.05, 3.63) is 41.9 Å². The Labute approximate surface area is 146 Å². The van der Waals surface area contributed by atoms with Gasteiger partial charge in [-0.2, -0.15) is 5.10 Å². The molecule has 1 aliphatic carbocycles. The second-order valence-electron chi connectivity index (χ2n) is 5.98. The monoisotopic (exact) mass is 344 g/mol. The first-order chi connectivity index (χ1) is 12.3. The summed E-state index contributed by atoms with van der Waals surface area (Å²) in [6, 6.07) is 5.44. The summed E-state index contributed by atoms with van der Waals surface area (Å²) in [4.78, 5) is 16.3. The molecule has 0 bridgehead atoms. The van der Waals surface area contributed by atoms with Gasteiger partial charge in [-0.1, -0.05) is 6.07 Å². The Morgan fingerprint density at radius 2 is 2.28 bits per heavy atom. The summed E-state index contributed by atoms with van der Waals surface area (Å²) in [5, 5.41) is 22.4. The summed E-state index contributed by atoms with van der Waals surface area (Å²) in [5.74, 6) is 0.790. The van der Waals surface area contributed by atoms with Gasteiger partial charge in [0.2, 0.25) is 0 Å². The molecule has 2 heterocycles. The van der Waals surface area contributed by atoms with E-state index in [1.165, 1.54) is 0 Å². The number of pyridine rings is 1. The average Bonchev–Trinajstić information content (AvgIpc) is 3.04. The van der Waals surface area contributed by atoms with E-state index in [1.54, 1.807) is 12.4 Å². The zero-order chi connectivity index (χ0) is 17.5. The number of aliphatic hydroxyl groups is 1. The van der Waals surface area contributed by atoms with Crippen LogP contribution in [0.5, 0.6) is 0 Å². The van der Waals surface area contributed by atoms with Gasteiger partial charge in [0.05, 0.1) is 25.4 Å². The fourth-order valence-corrected chi connectivity index (χ4v) is 3.10. The van der Waals surface area contributed by atoms with Crippen molar-refractivity contribution in [3.8, 4) is 0 Å². The van der Waals surface area contributed by atoms with E-state index in [0.29, 0.717) is 19.6 Å². The third-order valence-corrected chi connectivity index (χ3v) is 4.26. The van der Waals surface area contributed by atoms with Crippen molar-refractivity contribution < 1.29 is 9.90 Å². The number of aliphatic hydroxyl groups excluding tert-OH is 1. The third kappa shape index (κ3) is 4.48. The molecule has 1 aliphatic rings. The van der Waals surface area contributed by atoms with Crippen LogP contribution in [0.3, 0.4) is 0 Å². The maximum Gasteiger partial charge on any atom is 0.315 e. The number of nitrogens with zero attached hydrogens (tertiary/aromatic N) is 3. The van der Waals surface area contributed by atoms with Crippen molar-refractivity contribution in [2.75, 3.05) is 25.0 Å². The zero-order valence-corrected chi connectivity index (χ0v) is 14.1. The van der Waals surface area contributed by atoms with Crippen LogP contribution in [0.2, 0.25) is 0 Å². The van der Waals surface area contributed by atoms with Gasteiger partial charge < -0.3 is 21.1 Å². The summed E-state index contributed by atoms with van der Waals surface area (Å²) in [6.07, 6.45) is 6.36. The lowest BCUT2D eigenvalue weighted by Crippen LogP contribution is -2.40. The second kappa shape index (κ2) is 8.48. The number of hydrogen-bond acceptors (Lipinski definition) is 5. The molecule has 0 saturated heterocycles. The number of nitrogens with one attached hydrogen (secondary N) is 3. The van der Waals surface area contributed by atoms with Crippen LogP contribution >= 0.6 is 0 Å². The Morgan fingerprint density at radius 1 is 1.36 bits per heavy atom. The van der Waals surface area contributed by atoms with E-state index in [1.807, 2.05) is 22.9 Å². The number of carbonyl (C=O) groups is 1. The largest absolute Gasteiger partial charge is 0.394 e. The molecule has 0 aromatic carbocycles. The van der Waals surface area contributed by atoms with Gasteiger partial charge in [-0.25, -0.2) is 9.78 Å². The van der Waals surface area contributed by atoms with Crippen LogP contribution in [0, 0.1) is 0 Å². The van der Waals surface area contributed by atoms with E-state index in [2.05, 4.69) is 26.0 Å². The van der Waals surface area contributed by atoms with Crippen LogP contribution in [-0.2, 0) is 13.0 Å². The molecule has 8 nitrogen and oxygen atoms in total. The molecule has 25 heavy (non-hydrogen) atoms. The van der Waals surface area contributed by atoms with Gasteiger partial charge in [0.25, 0.3) is 0 Å². The van der Waals surface area contributed by atoms with E-state index >= 15 is 0 Å². The van der Waals surface area contributed by atoms with Crippen molar-refractivity contribution in [2.24, 2.45) is 0 Å². The summed E-state index contributed by atoms with van der Waals surface area (Å²) >= 11 is 0. The highest BCUT2D eigenvalue weighted by molar-refractivity contribution is 5.74. The minimum atomic E-state index is -0.185. The van der Waals surface area contributed by atoms with E-state index in [4.69, 9.17) is 5.11 Å². The van der Waals surface area contributed by atoms with Crippen molar-refractivity contribution in [1.29, 1.82) is 0 Å². The number of carbonyl (C=O) groups excluding carboxylic acids is 1. The van der Waals surface area contributed by atoms with Crippen molar-refractivity contribution in [3.63, 3.8) is 0 Å². The number of fused-ring (bicyclic) bond motifs is 1. The first-order valence-corrected chi connectivity index (χ1v) is 8.62. The molecule has 0 fully saturated rings. The normalized spacial score (nSPS) is 16.1. The van der Waals surface area contributed by atoms with Crippen LogP contribution in [0.1, 0.15) is 30.1 Å². The van der Waals surface area contributed by atoms with Gasteiger partial charge in [0.1, 0.15) is 5.82 Å². The highest BCUT2D eigenvalue weighted by Crippen LogP contribution is 2.29. The molecule has 0 radical (unpaired) electrons. The summed E-state index contributed by atoms with van der Waals surface area (Å²) in [6.45, 7) is 1.67. The Bertz CT molecular complexity index is 688. The number of hydrogen-bond donors (Lipinski definition) is 4. The molecule has 1 atom stereocenters. The van der Waals surface area contributed by atoms with E-state index in [9.17, 15) is 4.79 Å². The molecule has 2 aromatic rings. The van der Waals surface area contributed by atoms with E-state index in [0.717, 1.165) is 36.3 Å². The fraction of sp³-hybridized carbons (Fsp3) is 0.471. The van der Waals surface area contributed by atoms with E-state index < -0.39 is 0 Å². The molecule has 0 unspecified atom stereocenters. The Balaban J connectivity index is 1.46. The van der Waals surface area contributed by atoms with Crippen LogP contribution in [0.4, 0.5) is 10.6 Å². The van der Waals surface area contributed by atoms with Crippen LogP contribution in [0.25, 0.3) is 0 Å². The molecular formula is C17H24N6O2. The molecule has 2 amide bonds. The third-order valence-electron chi connectivity index (χ3n) is 4.26. The Morgan fingerprint density at radius 3 is 3.08 bits per heavy atom. The smallest absolute Gasteiger partial charge is 0.315 e. The molecule has 4 N–H and O–H groups in total. The average molecular weight is 344 g/mol. The number of anilines is 1. The standard InChI is InChI=1S/C17H24N6O2/c24-11-10-23-15-5-3-4-14(13(15)12-21-23)22-17(25)20-9-8-19-16-6-1-2-7-18-16/h1-2,6-7,12,14,24H,3-5,8-11H2,(H,18,19)(H2,20,22,25)/t14-/m1/s1. The molecule has 134 valence electrons. The second-order valence-corrected chi connectivity index (χ2v) is 5.98. The number of rotatable bonds is 7. The molecule has 3 rings (SSSR count). The van der Waals surface area contributed by atoms with Crippen LogP contribution < -0.4 is 16.0 Å². The molecule has 0 spiro atoms. The lowest BCUT2D eigenvalue weighted by Gasteiger charge is -2.24. The first-order valence-electron chi connectivity index (χ1n) is 8.62. The quantitative estimate of drug-likeness (QED) is 0.562. The molecule has 0 saturated carbocycles.